The van der Waals surface area contributed by atoms with Crippen LogP contribution >= 0.6 is 22.9 Å². The van der Waals surface area contributed by atoms with Crippen LogP contribution in [0.3, 0.4) is 0 Å². The number of rotatable bonds is 8. The van der Waals surface area contributed by atoms with Crippen LogP contribution in [0.2, 0.25) is 5.02 Å². The SMILES string of the molecule is CCN(CC(=O)NCc1cccs1)C(=O)c1cc(S(=O)(=O)N2CCOCC2)ccc1Cl. The van der Waals surface area contributed by atoms with E-state index in [1.54, 1.807) is 6.92 Å². The van der Waals surface area contributed by atoms with E-state index in [0.29, 0.717) is 19.8 Å². The van der Waals surface area contributed by atoms with Gasteiger partial charge in [0.05, 0.1) is 41.8 Å². The summed E-state index contributed by atoms with van der Waals surface area (Å²) in [6, 6.07) is 7.87. The molecule has 31 heavy (non-hydrogen) atoms. The van der Waals surface area contributed by atoms with Crippen LogP contribution in [-0.4, -0.2) is 68.8 Å². The summed E-state index contributed by atoms with van der Waals surface area (Å²) in [7, 11) is -3.78. The van der Waals surface area contributed by atoms with E-state index in [1.807, 2.05) is 17.5 Å². The third-order valence-electron chi connectivity index (χ3n) is 4.82. The normalized spacial score (nSPS) is 14.9. The lowest BCUT2D eigenvalue weighted by atomic mass is 10.2. The summed E-state index contributed by atoms with van der Waals surface area (Å²) in [6.07, 6.45) is 0. The molecule has 168 valence electrons. The van der Waals surface area contributed by atoms with E-state index in [0.717, 1.165) is 4.88 Å². The minimum Gasteiger partial charge on any atom is -0.379 e. The van der Waals surface area contributed by atoms with Gasteiger partial charge in [-0.25, -0.2) is 8.42 Å². The Morgan fingerprint density at radius 3 is 2.65 bits per heavy atom. The quantitative estimate of drug-likeness (QED) is 0.618. The van der Waals surface area contributed by atoms with Gasteiger partial charge in [-0.1, -0.05) is 17.7 Å². The van der Waals surface area contributed by atoms with E-state index in [4.69, 9.17) is 16.3 Å². The monoisotopic (exact) mass is 485 g/mol. The summed E-state index contributed by atoms with van der Waals surface area (Å²) in [5, 5.41) is 4.83. The Hall–Kier alpha value is -1.98. The molecule has 1 aromatic carbocycles. The molecule has 8 nitrogen and oxygen atoms in total. The first-order valence-electron chi connectivity index (χ1n) is 9.78. The average molecular weight is 486 g/mol. The maximum atomic E-state index is 13.1. The molecule has 0 spiro atoms. The smallest absolute Gasteiger partial charge is 0.255 e. The minimum absolute atomic E-state index is 0.0136. The van der Waals surface area contributed by atoms with Crippen molar-refractivity contribution < 1.29 is 22.7 Å². The van der Waals surface area contributed by atoms with Crippen molar-refractivity contribution >= 4 is 44.8 Å². The van der Waals surface area contributed by atoms with Gasteiger partial charge in [0.25, 0.3) is 5.91 Å². The van der Waals surface area contributed by atoms with Crippen LogP contribution in [0.5, 0.6) is 0 Å². The Balaban J connectivity index is 1.74. The Bertz CT molecular complexity index is 1020. The molecule has 2 aromatic rings. The molecule has 2 heterocycles. The minimum atomic E-state index is -3.78. The number of sulfonamides is 1. The highest BCUT2D eigenvalue weighted by atomic mass is 35.5. The highest BCUT2D eigenvalue weighted by Crippen LogP contribution is 2.25. The number of morpholine rings is 1. The molecule has 0 unspecified atom stereocenters. The summed E-state index contributed by atoms with van der Waals surface area (Å²) in [5.41, 5.74) is 0.0453. The number of halogens is 1. The topological polar surface area (TPSA) is 96.0 Å². The van der Waals surface area contributed by atoms with Crippen molar-refractivity contribution in [1.82, 2.24) is 14.5 Å². The first-order chi connectivity index (χ1) is 14.8. The van der Waals surface area contributed by atoms with Gasteiger partial charge in [0.1, 0.15) is 0 Å². The van der Waals surface area contributed by atoms with Crippen molar-refractivity contribution in [1.29, 1.82) is 0 Å². The highest BCUT2D eigenvalue weighted by molar-refractivity contribution is 7.89. The molecule has 0 saturated carbocycles. The maximum absolute atomic E-state index is 13.1. The van der Waals surface area contributed by atoms with Gasteiger partial charge in [-0.2, -0.15) is 4.31 Å². The third kappa shape index (κ3) is 5.83. The number of thiophene rings is 1. The maximum Gasteiger partial charge on any atom is 0.255 e. The summed E-state index contributed by atoms with van der Waals surface area (Å²) in [4.78, 5) is 27.7. The van der Waals surface area contributed by atoms with Crippen molar-refractivity contribution in [2.45, 2.75) is 18.4 Å². The second-order valence-corrected chi connectivity index (χ2v) is 10.2. The van der Waals surface area contributed by atoms with Gasteiger partial charge in [-0.05, 0) is 36.6 Å². The number of carbonyl (C=O) groups is 2. The van der Waals surface area contributed by atoms with E-state index >= 15 is 0 Å². The average Bonchev–Trinajstić information content (AvgIpc) is 3.30. The number of amides is 2. The summed E-state index contributed by atoms with van der Waals surface area (Å²) >= 11 is 7.75. The Labute approximate surface area is 190 Å². The van der Waals surface area contributed by atoms with Crippen LogP contribution in [0.15, 0.2) is 40.6 Å². The molecule has 2 amide bonds. The van der Waals surface area contributed by atoms with E-state index < -0.39 is 15.9 Å². The standard InChI is InChI=1S/C20H24ClN3O5S2/c1-2-23(14-19(25)22-13-15-4-3-11-30-15)20(26)17-12-16(5-6-18(17)21)31(27,28)24-7-9-29-10-8-24/h3-6,11-12H,2,7-10,13-14H2,1H3,(H,22,25). The van der Waals surface area contributed by atoms with Crippen LogP contribution < -0.4 is 5.32 Å². The Kier molecular flexibility index (Phi) is 8.06. The van der Waals surface area contributed by atoms with E-state index in [1.165, 1.54) is 38.7 Å². The fourth-order valence-electron chi connectivity index (χ4n) is 3.09. The van der Waals surface area contributed by atoms with Crippen molar-refractivity contribution in [2.75, 3.05) is 39.4 Å². The number of nitrogens with zero attached hydrogens (tertiary/aromatic N) is 2. The molecule has 0 radical (unpaired) electrons. The largest absolute Gasteiger partial charge is 0.379 e. The first kappa shape index (κ1) is 23.7. The van der Waals surface area contributed by atoms with Gasteiger partial charge >= 0.3 is 0 Å². The molecule has 1 aliphatic rings. The molecule has 1 aromatic heterocycles. The fraction of sp³-hybridized carbons (Fsp3) is 0.400. The van der Waals surface area contributed by atoms with Gasteiger partial charge in [0, 0.05) is 24.5 Å². The second-order valence-electron chi connectivity index (χ2n) is 6.83. The second kappa shape index (κ2) is 10.6. The number of hydrogen-bond donors (Lipinski definition) is 1. The molecule has 1 saturated heterocycles. The van der Waals surface area contributed by atoms with E-state index in [-0.39, 0.29) is 47.6 Å². The number of likely N-dealkylation sites (N-methyl/N-ethyl adjacent to an activating group) is 1. The van der Waals surface area contributed by atoms with Crippen LogP contribution in [0, 0.1) is 0 Å². The molecule has 0 aliphatic carbocycles. The number of hydrogen-bond acceptors (Lipinski definition) is 6. The molecule has 0 bridgehead atoms. The number of ether oxygens (including phenoxy) is 1. The molecular weight excluding hydrogens is 462 g/mol. The van der Waals surface area contributed by atoms with Gasteiger partial charge in [-0.3, -0.25) is 9.59 Å². The molecule has 11 heteroatoms. The molecule has 1 aliphatic heterocycles. The van der Waals surface area contributed by atoms with Crippen molar-refractivity contribution in [2.24, 2.45) is 0 Å². The van der Waals surface area contributed by atoms with Crippen LogP contribution in [0.4, 0.5) is 0 Å². The number of benzene rings is 1. The van der Waals surface area contributed by atoms with Crippen LogP contribution in [0.25, 0.3) is 0 Å². The van der Waals surface area contributed by atoms with Crippen LogP contribution in [-0.2, 0) is 26.1 Å². The molecular formula is C20H24ClN3O5S2. The van der Waals surface area contributed by atoms with Gasteiger partial charge in [0.2, 0.25) is 15.9 Å². The Morgan fingerprint density at radius 1 is 1.26 bits per heavy atom. The van der Waals surface area contributed by atoms with Crippen molar-refractivity contribution in [3.05, 3.63) is 51.2 Å². The zero-order valence-corrected chi connectivity index (χ0v) is 19.4. The first-order valence-corrected chi connectivity index (χ1v) is 12.5. The van der Waals surface area contributed by atoms with Gasteiger partial charge in [-0.15, -0.1) is 11.3 Å². The molecule has 3 rings (SSSR count). The molecule has 1 N–H and O–H groups in total. The lowest BCUT2D eigenvalue weighted by Gasteiger charge is -2.26. The zero-order chi connectivity index (χ0) is 22.4. The predicted molar refractivity (Wildman–Crippen MR) is 119 cm³/mol. The van der Waals surface area contributed by atoms with E-state index in [2.05, 4.69) is 5.32 Å². The lowest BCUT2D eigenvalue weighted by Crippen LogP contribution is -2.41. The van der Waals surface area contributed by atoms with E-state index in [9.17, 15) is 18.0 Å². The third-order valence-corrected chi connectivity index (χ3v) is 7.92. The van der Waals surface area contributed by atoms with Crippen LogP contribution in [0.1, 0.15) is 22.2 Å². The summed E-state index contributed by atoms with van der Waals surface area (Å²) < 4.78 is 32.4. The zero-order valence-electron chi connectivity index (χ0n) is 17.0. The van der Waals surface area contributed by atoms with Crippen molar-refractivity contribution in [3.8, 4) is 0 Å². The molecule has 1 fully saturated rings. The highest BCUT2D eigenvalue weighted by Gasteiger charge is 2.28. The fourth-order valence-corrected chi connectivity index (χ4v) is 5.37. The van der Waals surface area contributed by atoms with Crippen molar-refractivity contribution in [3.63, 3.8) is 0 Å². The number of nitrogens with one attached hydrogen (secondary N) is 1. The molecule has 0 atom stereocenters. The van der Waals surface area contributed by atoms with Gasteiger partial charge < -0.3 is 15.0 Å². The Morgan fingerprint density at radius 2 is 2.00 bits per heavy atom. The lowest BCUT2D eigenvalue weighted by molar-refractivity contribution is -0.121. The summed E-state index contributed by atoms with van der Waals surface area (Å²) in [6.45, 7) is 3.38. The number of carbonyl (C=O) groups excluding carboxylic acids is 2. The van der Waals surface area contributed by atoms with Gasteiger partial charge in [0.15, 0.2) is 0 Å². The summed E-state index contributed by atoms with van der Waals surface area (Å²) in [5.74, 6) is -0.811. The predicted octanol–water partition coefficient (Wildman–Crippen LogP) is 2.20.